The normalized spacial score (nSPS) is 18.5. The van der Waals surface area contributed by atoms with Gasteiger partial charge in [-0.25, -0.2) is 19.2 Å². The van der Waals surface area contributed by atoms with Gasteiger partial charge in [0.2, 0.25) is 0 Å². The van der Waals surface area contributed by atoms with E-state index in [1.807, 2.05) is 20.8 Å². The zero-order valence-corrected chi connectivity index (χ0v) is 26.1. The van der Waals surface area contributed by atoms with Gasteiger partial charge in [0, 0.05) is 6.20 Å². The van der Waals surface area contributed by atoms with Gasteiger partial charge >= 0.3 is 23.6 Å². The molecule has 3 aromatic carbocycles. The van der Waals surface area contributed by atoms with Gasteiger partial charge in [-0.1, -0.05) is 59.0 Å². The Morgan fingerprint density at radius 3 is 1.70 bits per heavy atom. The van der Waals surface area contributed by atoms with Crippen molar-refractivity contribution in [2.45, 2.75) is 52.2 Å². The average molecular weight is 637 g/mol. The van der Waals surface area contributed by atoms with Gasteiger partial charge in [-0.15, -0.1) is 5.92 Å². The zero-order chi connectivity index (χ0) is 33.7. The summed E-state index contributed by atoms with van der Waals surface area (Å²) in [4.78, 5) is 67.6. The van der Waals surface area contributed by atoms with E-state index in [1.165, 1.54) is 13.1 Å². The van der Waals surface area contributed by atoms with Gasteiger partial charge < -0.3 is 18.9 Å². The van der Waals surface area contributed by atoms with Crippen molar-refractivity contribution in [3.05, 3.63) is 139 Å². The summed E-state index contributed by atoms with van der Waals surface area (Å²) in [5, 5.41) is 0. The molecule has 1 fully saturated rings. The summed E-state index contributed by atoms with van der Waals surface area (Å²) in [6.45, 7) is 6.68. The van der Waals surface area contributed by atoms with Crippen LogP contribution in [0.15, 0.2) is 88.6 Å². The van der Waals surface area contributed by atoms with Crippen LogP contribution in [0.5, 0.6) is 0 Å². The highest BCUT2D eigenvalue weighted by molar-refractivity contribution is 5.91. The number of esters is 3. The Labute approximate surface area is 270 Å². The molecule has 4 aromatic rings. The molecule has 1 aliphatic heterocycles. The van der Waals surface area contributed by atoms with Crippen LogP contribution >= 0.6 is 0 Å². The minimum Gasteiger partial charge on any atom is -0.459 e. The van der Waals surface area contributed by atoms with Crippen molar-refractivity contribution in [1.82, 2.24) is 9.55 Å². The number of hydrogen-bond acceptors (Lipinski definition) is 9. The summed E-state index contributed by atoms with van der Waals surface area (Å²) in [5.74, 6) is 3.01. The Morgan fingerprint density at radius 2 is 1.21 bits per heavy atom. The number of carbonyl (C=O) groups excluding carboxylic acids is 3. The molecule has 5 rings (SSSR count). The number of H-pyrrole nitrogens is 1. The van der Waals surface area contributed by atoms with Gasteiger partial charge in [-0.05, 0) is 64.1 Å². The first-order valence-electron chi connectivity index (χ1n) is 14.8. The quantitative estimate of drug-likeness (QED) is 0.172. The number of nitrogens with one attached hydrogen (secondary N) is 1. The van der Waals surface area contributed by atoms with Crippen LogP contribution in [0.1, 0.15) is 66.5 Å². The number of hydrogen-bond donors (Lipinski definition) is 1. The standard InChI is InChI=1S/C36H32N2O9/c1-5-6-27-19-38(36(43)37-31(27)39)32-30(47-35(42)26-17-11-23(4)12-18-26)29(46-34(41)25-15-9-22(3)10-16-25)28(45-32)20-44-33(40)24-13-7-21(2)8-14-24/h7-19,28-30,32H,20H2,1-4H3,(H,37,39,43)/t28-,29-,30+,32-/m1/s1. The largest absolute Gasteiger partial charge is 0.459 e. The molecule has 0 aliphatic carbocycles. The van der Waals surface area contributed by atoms with E-state index in [0.29, 0.717) is 0 Å². The minimum absolute atomic E-state index is 0.0539. The van der Waals surface area contributed by atoms with E-state index < -0.39 is 60.3 Å². The third-order valence-corrected chi connectivity index (χ3v) is 7.51. The summed E-state index contributed by atoms with van der Waals surface area (Å²) in [6.07, 6.45) is -4.26. The fourth-order valence-corrected chi connectivity index (χ4v) is 4.93. The van der Waals surface area contributed by atoms with Gasteiger partial charge in [-0.3, -0.25) is 14.3 Å². The molecule has 2 heterocycles. The molecular formula is C36H32N2O9. The van der Waals surface area contributed by atoms with E-state index in [2.05, 4.69) is 16.8 Å². The predicted molar refractivity (Wildman–Crippen MR) is 170 cm³/mol. The van der Waals surface area contributed by atoms with Crippen molar-refractivity contribution in [3.8, 4) is 11.8 Å². The summed E-state index contributed by atoms with van der Waals surface area (Å²) < 4.78 is 24.6. The van der Waals surface area contributed by atoms with E-state index in [9.17, 15) is 24.0 Å². The van der Waals surface area contributed by atoms with Crippen LogP contribution in [0.2, 0.25) is 0 Å². The third kappa shape index (κ3) is 7.57. The van der Waals surface area contributed by atoms with Crippen LogP contribution < -0.4 is 11.2 Å². The Kier molecular flexibility index (Phi) is 9.83. The van der Waals surface area contributed by atoms with Crippen molar-refractivity contribution in [3.63, 3.8) is 0 Å². The third-order valence-electron chi connectivity index (χ3n) is 7.51. The second-order valence-electron chi connectivity index (χ2n) is 11.1. The molecule has 1 N–H and O–H groups in total. The number of ether oxygens (including phenoxy) is 4. The molecule has 0 amide bonds. The van der Waals surface area contributed by atoms with Crippen molar-refractivity contribution < 1.29 is 33.3 Å². The van der Waals surface area contributed by atoms with Crippen LogP contribution in [0.4, 0.5) is 0 Å². The minimum atomic E-state index is -1.44. The first-order chi connectivity index (χ1) is 22.5. The number of aryl methyl sites for hydroxylation is 3. The molecule has 0 radical (unpaired) electrons. The molecule has 240 valence electrons. The second-order valence-corrected chi connectivity index (χ2v) is 11.1. The molecule has 4 atom stereocenters. The first kappa shape index (κ1) is 32.7. The number of rotatable bonds is 8. The smallest absolute Gasteiger partial charge is 0.338 e. The lowest BCUT2D eigenvalue weighted by Gasteiger charge is -2.25. The zero-order valence-electron chi connectivity index (χ0n) is 26.1. The van der Waals surface area contributed by atoms with E-state index in [-0.39, 0.29) is 22.3 Å². The predicted octanol–water partition coefficient (Wildman–Crippen LogP) is 4.04. The molecule has 11 nitrogen and oxygen atoms in total. The van der Waals surface area contributed by atoms with Crippen LogP contribution in [0, 0.1) is 32.6 Å². The molecule has 0 spiro atoms. The average Bonchev–Trinajstić information content (AvgIpc) is 3.37. The number of carbonyl (C=O) groups is 3. The highest BCUT2D eigenvalue weighted by Gasteiger charge is 2.51. The molecule has 47 heavy (non-hydrogen) atoms. The number of aromatic amines is 1. The van der Waals surface area contributed by atoms with Crippen molar-refractivity contribution >= 4 is 17.9 Å². The van der Waals surface area contributed by atoms with Crippen molar-refractivity contribution in [2.24, 2.45) is 0 Å². The van der Waals surface area contributed by atoms with E-state index in [0.717, 1.165) is 21.3 Å². The molecule has 0 unspecified atom stereocenters. The van der Waals surface area contributed by atoms with Gasteiger partial charge in [0.05, 0.1) is 16.7 Å². The summed E-state index contributed by atoms with van der Waals surface area (Å²) in [5.41, 5.74) is 1.79. The first-order valence-corrected chi connectivity index (χ1v) is 14.8. The molecular weight excluding hydrogens is 604 g/mol. The maximum Gasteiger partial charge on any atom is 0.338 e. The van der Waals surface area contributed by atoms with E-state index >= 15 is 0 Å². The van der Waals surface area contributed by atoms with Crippen LogP contribution in [-0.4, -0.2) is 52.4 Å². The molecule has 1 aromatic heterocycles. The summed E-state index contributed by atoms with van der Waals surface area (Å²) in [7, 11) is 0. The van der Waals surface area contributed by atoms with Crippen molar-refractivity contribution in [2.75, 3.05) is 6.61 Å². The summed E-state index contributed by atoms with van der Waals surface area (Å²) >= 11 is 0. The van der Waals surface area contributed by atoms with Gasteiger partial charge in [0.25, 0.3) is 5.56 Å². The maximum atomic E-state index is 13.5. The second kappa shape index (κ2) is 14.1. The fourth-order valence-electron chi connectivity index (χ4n) is 4.93. The molecule has 1 aliphatic rings. The number of aromatic nitrogens is 2. The van der Waals surface area contributed by atoms with Crippen molar-refractivity contribution in [1.29, 1.82) is 0 Å². The molecule has 0 bridgehead atoms. The topological polar surface area (TPSA) is 143 Å². The van der Waals surface area contributed by atoms with E-state index in [4.69, 9.17) is 18.9 Å². The van der Waals surface area contributed by atoms with Gasteiger partial charge in [-0.2, -0.15) is 0 Å². The Balaban J connectivity index is 1.55. The Morgan fingerprint density at radius 1 is 0.745 bits per heavy atom. The van der Waals surface area contributed by atoms with Gasteiger partial charge in [0.15, 0.2) is 18.4 Å². The van der Waals surface area contributed by atoms with Crippen LogP contribution in [0.3, 0.4) is 0 Å². The maximum absolute atomic E-state index is 13.5. The molecule has 0 saturated carbocycles. The summed E-state index contributed by atoms with van der Waals surface area (Å²) in [6, 6.07) is 19.9. The van der Waals surface area contributed by atoms with Crippen LogP contribution in [0.25, 0.3) is 0 Å². The lowest BCUT2D eigenvalue weighted by atomic mass is 10.1. The van der Waals surface area contributed by atoms with E-state index in [1.54, 1.807) is 72.8 Å². The SMILES string of the molecule is CC#Cc1cn([C@@H]2O[C@H](COC(=O)c3ccc(C)cc3)[C@@H](OC(=O)c3ccc(C)cc3)[C@@H]2OC(=O)c2ccc(C)cc2)c(=O)[nH]c1=O. The van der Waals surface area contributed by atoms with Gasteiger partial charge in [0.1, 0.15) is 18.3 Å². The highest BCUT2D eigenvalue weighted by Crippen LogP contribution is 2.35. The van der Waals surface area contributed by atoms with Crippen LogP contribution in [-0.2, 0) is 18.9 Å². The lowest BCUT2D eigenvalue weighted by molar-refractivity contribution is -0.0640. The number of nitrogens with zero attached hydrogens (tertiary/aromatic N) is 1. The number of benzene rings is 3. The monoisotopic (exact) mass is 636 g/mol. The molecule has 1 saturated heterocycles. The highest BCUT2D eigenvalue weighted by atomic mass is 16.7. The fraction of sp³-hybridized carbons (Fsp3) is 0.250. The lowest BCUT2D eigenvalue weighted by Crippen LogP contribution is -2.43. The Bertz CT molecular complexity index is 1970. The Hall–Kier alpha value is -5.73. The molecule has 11 heteroatoms.